The molecule has 0 radical (unpaired) electrons. The van der Waals surface area contributed by atoms with Gasteiger partial charge in [0.1, 0.15) is 5.82 Å². The van der Waals surface area contributed by atoms with Crippen LogP contribution < -0.4 is 5.19 Å². The highest BCUT2D eigenvalue weighted by atomic mass is 35.5. The van der Waals surface area contributed by atoms with Gasteiger partial charge in [-0.15, -0.1) is 0 Å². The summed E-state index contributed by atoms with van der Waals surface area (Å²) in [6, 6.07) is 3.30. The summed E-state index contributed by atoms with van der Waals surface area (Å²) in [6.45, 7) is 8.28. The Hall–Kier alpha value is -0.343. The van der Waals surface area contributed by atoms with Gasteiger partial charge in [-0.05, 0) is 23.7 Å². The van der Waals surface area contributed by atoms with Gasteiger partial charge in [0.05, 0.1) is 8.07 Å². The smallest absolute Gasteiger partial charge is 0.123 e. The Balaban J connectivity index is 3.32. The number of halogens is 2. The molecule has 0 aliphatic carbocycles. The molecule has 3 heteroatoms. The van der Waals surface area contributed by atoms with E-state index in [0.717, 1.165) is 10.8 Å². The van der Waals surface area contributed by atoms with Gasteiger partial charge in [0.25, 0.3) is 0 Å². The van der Waals surface area contributed by atoms with E-state index in [-0.39, 0.29) is 5.82 Å². The van der Waals surface area contributed by atoms with E-state index in [1.807, 2.05) is 13.0 Å². The van der Waals surface area contributed by atoms with Crippen LogP contribution in [0.1, 0.15) is 5.56 Å². The molecule has 0 unspecified atom stereocenters. The fourth-order valence-corrected chi connectivity index (χ4v) is 2.82. The fourth-order valence-electron chi connectivity index (χ4n) is 1.23. The van der Waals surface area contributed by atoms with Crippen molar-refractivity contribution in [3.63, 3.8) is 0 Å². The lowest BCUT2D eigenvalue weighted by atomic mass is 10.2. The van der Waals surface area contributed by atoms with Gasteiger partial charge in [-0.1, -0.05) is 37.3 Å². The summed E-state index contributed by atoms with van der Waals surface area (Å²) in [5, 5.41) is 1.37. The molecule has 0 spiro atoms. The van der Waals surface area contributed by atoms with E-state index < -0.39 is 8.07 Å². The lowest BCUT2D eigenvalue weighted by molar-refractivity contribution is 0.635. The van der Waals surface area contributed by atoms with Gasteiger partial charge < -0.3 is 0 Å². The van der Waals surface area contributed by atoms with Crippen LogP contribution >= 0.6 is 11.6 Å². The van der Waals surface area contributed by atoms with Crippen LogP contribution in [0.25, 0.3) is 0 Å². The molecular formula is C10H14ClFSi. The Labute approximate surface area is 84.7 Å². The molecule has 1 rings (SSSR count). The van der Waals surface area contributed by atoms with Crippen molar-refractivity contribution < 1.29 is 4.39 Å². The highest BCUT2D eigenvalue weighted by Gasteiger charge is 2.21. The Morgan fingerprint density at radius 3 is 2.23 bits per heavy atom. The Kier molecular flexibility index (Phi) is 2.83. The maximum atomic E-state index is 13.5. The molecule has 13 heavy (non-hydrogen) atoms. The van der Waals surface area contributed by atoms with Crippen molar-refractivity contribution in [3.05, 3.63) is 28.5 Å². The molecule has 0 N–H and O–H groups in total. The van der Waals surface area contributed by atoms with Crippen LogP contribution in [0.15, 0.2) is 12.1 Å². The normalized spacial score (nSPS) is 11.8. The standard InChI is InChI=1S/C10H14ClFSi/c1-7-5-10(13(2,3)4)9(12)6-8(7)11/h5-6H,1-4H3. The molecule has 0 saturated carbocycles. The summed E-state index contributed by atoms with van der Waals surface area (Å²) in [7, 11) is -1.57. The predicted molar refractivity (Wildman–Crippen MR) is 59.1 cm³/mol. The quantitative estimate of drug-likeness (QED) is 0.632. The zero-order valence-electron chi connectivity index (χ0n) is 8.41. The van der Waals surface area contributed by atoms with Gasteiger partial charge in [0.2, 0.25) is 0 Å². The first-order valence-corrected chi connectivity index (χ1v) is 8.16. The van der Waals surface area contributed by atoms with E-state index in [4.69, 9.17) is 11.6 Å². The molecule has 0 aliphatic heterocycles. The molecule has 0 nitrogen and oxygen atoms in total. The molecule has 0 aliphatic rings. The van der Waals surface area contributed by atoms with Gasteiger partial charge in [-0.2, -0.15) is 0 Å². The number of hydrogen-bond acceptors (Lipinski definition) is 0. The molecule has 72 valence electrons. The lowest BCUT2D eigenvalue weighted by Gasteiger charge is -2.18. The first-order chi connectivity index (χ1) is 5.82. The number of aryl methyl sites for hydroxylation is 1. The van der Waals surface area contributed by atoms with Crippen molar-refractivity contribution in [2.45, 2.75) is 26.6 Å². The van der Waals surface area contributed by atoms with Gasteiger partial charge in [0.15, 0.2) is 0 Å². The van der Waals surface area contributed by atoms with Crippen LogP contribution in [0.4, 0.5) is 4.39 Å². The second kappa shape index (κ2) is 3.43. The topological polar surface area (TPSA) is 0 Å². The molecule has 0 fully saturated rings. The molecule has 0 aromatic heterocycles. The fraction of sp³-hybridized carbons (Fsp3) is 0.400. The SMILES string of the molecule is Cc1cc([Si](C)(C)C)c(F)cc1Cl. The summed E-state index contributed by atoms with van der Waals surface area (Å²) in [6.07, 6.45) is 0. The first kappa shape index (κ1) is 10.7. The van der Waals surface area contributed by atoms with Crippen LogP contribution in [-0.4, -0.2) is 8.07 Å². The van der Waals surface area contributed by atoms with E-state index >= 15 is 0 Å². The minimum absolute atomic E-state index is 0.158. The zero-order chi connectivity index (χ0) is 10.2. The Morgan fingerprint density at radius 2 is 1.77 bits per heavy atom. The van der Waals surface area contributed by atoms with E-state index in [1.54, 1.807) is 0 Å². The van der Waals surface area contributed by atoms with E-state index in [9.17, 15) is 4.39 Å². The van der Waals surface area contributed by atoms with Crippen LogP contribution in [0.3, 0.4) is 0 Å². The highest BCUT2D eigenvalue weighted by molar-refractivity contribution is 6.88. The molecule has 0 heterocycles. The highest BCUT2D eigenvalue weighted by Crippen LogP contribution is 2.17. The first-order valence-electron chi connectivity index (χ1n) is 4.28. The van der Waals surface area contributed by atoms with Crippen molar-refractivity contribution in [1.82, 2.24) is 0 Å². The molecule has 0 bridgehead atoms. The summed E-state index contributed by atoms with van der Waals surface area (Å²) >= 11 is 5.81. The summed E-state index contributed by atoms with van der Waals surface area (Å²) < 4.78 is 13.5. The van der Waals surface area contributed by atoms with Gasteiger partial charge in [-0.3, -0.25) is 0 Å². The summed E-state index contributed by atoms with van der Waals surface area (Å²) in [4.78, 5) is 0. The minimum Gasteiger partial charge on any atom is -0.207 e. The molecular weight excluding hydrogens is 203 g/mol. The molecule has 0 amide bonds. The molecule has 0 atom stereocenters. The predicted octanol–water partition coefficient (Wildman–Crippen LogP) is 3.33. The van der Waals surface area contributed by atoms with Gasteiger partial charge in [0, 0.05) is 5.02 Å². The van der Waals surface area contributed by atoms with Crippen LogP contribution in [0.5, 0.6) is 0 Å². The Bertz CT molecular complexity index is 328. The third kappa shape index (κ3) is 2.32. The zero-order valence-corrected chi connectivity index (χ0v) is 10.2. The van der Waals surface area contributed by atoms with Crippen molar-refractivity contribution in [3.8, 4) is 0 Å². The minimum atomic E-state index is -1.57. The largest absolute Gasteiger partial charge is 0.207 e. The third-order valence-electron chi connectivity index (χ3n) is 2.06. The molecule has 1 aromatic carbocycles. The summed E-state index contributed by atoms with van der Waals surface area (Å²) in [5.74, 6) is -0.158. The van der Waals surface area contributed by atoms with Crippen molar-refractivity contribution in [1.29, 1.82) is 0 Å². The average Bonchev–Trinajstić information content (AvgIpc) is 1.94. The maximum absolute atomic E-state index is 13.5. The number of rotatable bonds is 1. The second-order valence-electron chi connectivity index (χ2n) is 4.33. The average molecular weight is 217 g/mol. The van der Waals surface area contributed by atoms with E-state index in [0.29, 0.717) is 5.02 Å². The Morgan fingerprint density at radius 1 is 1.23 bits per heavy atom. The molecule has 1 aromatic rings. The van der Waals surface area contributed by atoms with E-state index in [1.165, 1.54) is 6.07 Å². The lowest BCUT2D eigenvalue weighted by Crippen LogP contribution is -2.40. The van der Waals surface area contributed by atoms with Crippen molar-refractivity contribution >= 4 is 24.9 Å². The van der Waals surface area contributed by atoms with Crippen LogP contribution in [0, 0.1) is 12.7 Å². The number of hydrogen-bond donors (Lipinski definition) is 0. The summed E-state index contributed by atoms with van der Waals surface area (Å²) in [5.41, 5.74) is 0.959. The van der Waals surface area contributed by atoms with Gasteiger partial charge in [-0.25, -0.2) is 4.39 Å². The third-order valence-corrected chi connectivity index (χ3v) is 4.46. The van der Waals surface area contributed by atoms with E-state index in [2.05, 4.69) is 19.6 Å². The molecule has 0 saturated heterocycles. The van der Waals surface area contributed by atoms with Crippen molar-refractivity contribution in [2.75, 3.05) is 0 Å². The van der Waals surface area contributed by atoms with Gasteiger partial charge >= 0.3 is 0 Å². The number of benzene rings is 1. The van der Waals surface area contributed by atoms with Crippen LogP contribution in [-0.2, 0) is 0 Å². The van der Waals surface area contributed by atoms with Crippen molar-refractivity contribution in [2.24, 2.45) is 0 Å². The monoisotopic (exact) mass is 216 g/mol. The maximum Gasteiger partial charge on any atom is 0.123 e. The second-order valence-corrected chi connectivity index (χ2v) is 9.78. The van der Waals surface area contributed by atoms with Crippen LogP contribution in [0.2, 0.25) is 24.7 Å².